The number of hydrogen-bond donors (Lipinski definition) is 0. The van der Waals surface area contributed by atoms with Crippen molar-refractivity contribution in [2.75, 3.05) is 0 Å². The van der Waals surface area contributed by atoms with Gasteiger partial charge in [-0.1, -0.05) is 84.9 Å². The van der Waals surface area contributed by atoms with Crippen LogP contribution in [0, 0.1) is 0 Å². The monoisotopic (exact) mass is 503 g/mol. The van der Waals surface area contributed by atoms with Gasteiger partial charge in [0, 0.05) is 42.5 Å². The smallest absolute Gasteiger partial charge is 0.0537 e. The van der Waals surface area contributed by atoms with E-state index >= 15 is 0 Å². The van der Waals surface area contributed by atoms with Crippen LogP contribution in [0.3, 0.4) is 0 Å². The molecule has 0 saturated carbocycles. The number of thiophene rings is 1. The average molecular weight is 504 g/mol. The van der Waals surface area contributed by atoms with Crippen LogP contribution >= 0.6 is 11.3 Å². The lowest BCUT2D eigenvalue weighted by Gasteiger charge is -2.18. The lowest BCUT2D eigenvalue weighted by molar-refractivity contribution is 0.898. The molecule has 38 heavy (non-hydrogen) atoms. The number of hydrogen-bond acceptors (Lipinski definition) is 1. The minimum absolute atomic E-state index is 1.02. The van der Waals surface area contributed by atoms with Crippen molar-refractivity contribution in [2.45, 2.75) is 12.8 Å². The molecule has 0 amide bonds. The van der Waals surface area contributed by atoms with E-state index < -0.39 is 0 Å². The summed E-state index contributed by atoms with van der Waals surface area (Å²) in [6.07, 6.45) is 4.51. The van der Waals surface area contributed by atoms with E-state index in [4.69, 9.17) is 0 Å². The summed E-state index contributed by atoms with van der Waals surface area (Å²) < 4.78 is 5.21. The molecular weight excluding hydrogens is 478 g/mol. The van der Waals surface area contributed by atoms with E-state index in [9.17, 15) is 0 Å². The lowest BCUT2D eigenvalue weighted by Crippen LogP contribution is -2.05. The fourth-order valence-corrected chi connectivity index (χ4v) is 7.21. The molecule has 1 nitrogen and oxygen atoms in total. The van der Waals surface area contributed by atoms with E-state index in [1.165, 1.54) is 70.3 Å². The Morgan fingerprint density at radius 2 is 1.29 bits per heavy atom. The van der Waals surface area contributed by atoms with Crippen molar-refractivity contribution in [1.29, 1.82) is 0 Å². The molecule has 1 aliphatic carbocycles. The van der Waals surface area contributed by atoms with Crippen LogP contribution in [0.1, 0.15) is 23.2 Å². The van der Waals surface area contributed by atoms with Crippen LogP contribution in [0.15, 0.2) is 121 Å². The van der Waals surface area contributed by atoms with Crippen molar-refractivity contribution in [3.8, 4) is 16.8 Å². The Morgan fingerprint density at radius 3 is 2.21 bits per heavy atom. The van der Waals surface area contributed by atoms with Crippen molar-refractivity contribution in [2.24, 2.45) is 0 Å². The van der Waals surface area contributed by atoms with Crippen molar-refractivity contribution in [3.05, 3.63) is 138 Å². The maximum atomic E-state index is 2.49. The first kappa shape index (κ1) is 21.7. The molecule has 0 N–H and O–H groups in total. The molecule has 2 heteroatoms. The summed E-state index contributed by atoms with van der Waals surface area (Å²) in [6, 6.07) is 44.3. The molecule has 2 aromatic heterocycles. The number of para-hydroxylation sites is 1. The van der Waals surface area contributed by atoms with Gasteiger partial charge in [0.25, 0.3) is 0 Å². The molecule has 1 aliphatic rings. The molecule has 0 atom stereocenters. The van der Waals surface area contributed by atoms with Gasteiger partial charge in [0.1, 0.15) is 0 Å². The molecule has 2 heterocycles. The molecule has 180 valence electrons. The van der Waals surface area contributed by atoms with Crippen molar-refractivity contribution >= 4 is 54.1 Å². The van der Waals surface area contributed by atoms with E-state index in [0.717, 1.165) is 12.8 Å². The standard InChI is InChI=1S/C36H25NS/c1-2-9-24(10-3-1)25-11-8-12-28(21-25)37-33-15-6-4-13-29(33)31-22-26(17-19-34(31)37)27-18-20-36-32(23-27)30-14-5-7-16-35(30)38-36/h1-16,18,20-23H,17,19H2. The quantitative estimate of drug-likeness (QED) is 0.226. The van der Waals surface area contributed by atoms with E-state index in [1.54, 1.807) is 0 Å². The third-order valence-electron chi connectivity index (χ3n) is 7.92. The zero-order valence-electron chi connectivity index (χ0n) is 20.9. The summed E-state index contributed by atoms with van der Waals surface area (Å²) in [5.74, 6) is 0. The highest BCUT2D eigenvalue weighted by Gasteiger charge is 2.22. The van der Waals surface area contributed by atoms with Crippen LogP contribution in [-0.4, -0.2) is 4.57 Å². The molecule has 7 aromatic rings. The topological polar surface area (TPSA) is 4.93 Å². The minimum Gasteiger partial charge on any atom is -0.313 e. The molecule has 0 fully saturated rings. The fraction of sp³-hybridized carbons (Fsp3) is 0.0556. The first-order chi connectivity index (χ1) is 18.8. The molecular formula is C36H25NS. The molecule has 0 saturated heterocycles. The van der Waals surface area contributed by atoms with Crippen molar-refractivity contribution in [1.82, 2.24) is 4.57 Å². The van der Waals surface area contributed by atoms with E-state index in [-0.39, 0.29) is 0 Å². The van der Waals surface area contributed by atoms with Crippen LogP contribution < -0.4 is 0 Å². The second-order valence-electron chi connectivity index (χ2n) is 10.1. The first-order valence-electron chi connectivity index (χ1n) is 13.2. The average Bonchev–Trinajstić information content (AvgIpc) is 3.53. The number of allylic oxidation sites excluding steroid dienone is 1. The van der Waals surface area contributed by atoms with Gasteiger partial charge in [-0.25, -0.2) is 0 Å². The zero-order valence-corrected chi connectivity index (χ0v) is 21.7. The largest absolute Gasteiger partial charge is 0.313 e. The second kappa shape index (κ2) is 8.58. The summed E-state index contributed by atoms with van der Waals surface area (Å²) in [5, 5.41) is 4.06. The zero-order chi connectivity index (χ0) is 25.1. The van der Waals surface area contributed by atoms with Crippen LogP contribution in [0.4, 0.5) is 0 Å². The van der Waals surface area contributed by atoms with Gasteiger partial charge in [0.05, 0.1) is 5.52 Å². The predicted octanol–water partition coefficient (Wildman–Crippen LogP) is 10.2. The van der Waals surface area contributed by atoms with E-state index in [2.05, 4.69) is 132 Å². The number of benzene rings is 5. The first-order valence-corrected chi connectivity index (χ1v) is 14.1. The maximum Gasteiger partial charge on any atom is 0.0537 e. The molecule has 0 unspecified atom stereocenters. The highest BCUT2D eigenvalue weighted by Crippen LogP contribution is 2.41. The van der Waals surface area contributed by atoms with Gasteiger partial charge < -0.3 is 4.57 Å². The Hall–Kier alpha value is -4.40. The molecule has 0 spiro atoms. The highest BCUT2D eigenvalue weighted by atomic mass is 32.1. The predicted molar refractivity (Wildman–Crippen MR) is 164 cm³/mol. The summed E-state index contributed by atoms with van der Waals surface area (Å²) >= 11 is 1.89. The Kier molecular flexibility index (Phi) is 4.89. The highest BCUT2D eigenvalue weighted by molar-refractivity contribution is 7.25. The number of aromatic nitrogens is 1. The second-order valence-corrected chi connectivity index (χ2v) is 11.2. The van der Waals surface area contributed by atoms with Crippen LogP contribution in [-0.2, 0) is 6.42 Å². The van der Waals surface area contributed by atoms with Crippen molar-refractivity contribution in [3.63, 3.8) is 0 Å². The Morgan fingerprint density at radius 1 is 0.526 bits per heavy atom. The summed E-state index contributed by atoms with van der Waals surface area (Å²) in [4.78, 5) is 0. The van der Waals surface area contributed by atoms with Gasteiger partial charge in [0.2, 0.25) is 0 Å². The molecule has 0 radical (unpaired) electrons. The number of fused-ring (bicyclic) bond motifs is 6. The normalized spacial score (nSPS) is 13.2. The number of nitrogens with zero attached hydrogens (tertiary/aromatic N) is 1. The molecule has 0 bridgehead atoms. The van der Waals surface area contributed by atoms with Crippen LogP contribution in [0.25, 0.3) is 59.5 Å². The van der Waals surface area contributed by atoms with Gasteiger partial charge in [-0.2, -0.15) is 0 Å². The van der Waals surface area contributed by atoms with Crippen LogP contribution in [0.5, 0.6) is 0 Å². The van der Waals surface area contributed by atoms with Gasteiger partial charge in [-0.15, -0.1) is 11.3 Å². The summed E-state index contributed by atoms with van der Waals surface area (Å²) in [7, 11) is 0. The van der Waals surface area contributed by atoms with Crippen LogP contribution in [0.2, 0.25) is 0 Å². The summed E-state index contributed by atoms with van der Waals surface area (Å²) in [6.45, 7) is 0. The molecule has 5 aromatic carbocycles. The Balaban J connectivity index is 1.29. The van der Waals surface area contributed by atoms with Crippen molar-refractivity contribution < 1.29 is 0 Å². The lowest BCUT2D eigenvalue weighted by atomic mass is 9.90. The maximum absolute atomic E-state index is 2.49. The van der Waals surface area contributed by atoms with Gasteiger partial charge in [0.15, 0.2) is 0 Å². The Labute approximate surface area is 225 Å². The third-order valence-corrected chi connectivity index (χ3v) is 9.08. The van der Waals surface area contributed by atoms with Gasteiger partial charge in [-0.3, -0.25) is 0 Å². The van der Waals surface area contributed by atoms with Gasteiger partial charge >= 0.3 is 0 Å². The Bertz CT molecular complexity index is 2020. The SMILES string of the molecule is C1=C(c2ccc3sc4ccccc4c3c2)CCc2c1c1ccccc1n2-c1cccc(-c2ccccc2)c1. The van der Waals surface area contributed by atoms with E-state index in [1.807, 2.05) is 11.3 Å². The third kappa shape index (κ3) is 3.38. The molecule has 0 aliphatic heterocycles. The van der Waals surface area contributed by atoms with E-state index in [0.29, 0.717) is 0 Å². The fourth-order valence-electron chi connectivity index (χ4n) is 6.13. The number of rotatable bonds is 3. The summed E-state index contributed by atoms with van der Waals surface area (Å²) in [5.41, 5.74) is 10.5. The minimum atomic E-state index is 1.02. The van der Waals surface area contributed by atoms with Gasteiger partial charge in [-0.05, 0) is 77.6 Å². The molecule has 8 rings (SSSR count).